The minimum atomic E-state index is 0.0401. The summed E-state index contributed by atoms with van der Waals surface area (Å²) in [6.07, 6.45) is 10.1. The number of nitrogens with zero attached hydrogens (tertiary/aromatic N) is 2. The van der Waals surface area contributed by atoms with Gasteiger partial charge in [-0.2, -0.15) is 0 Å². The zero-order valence-electron chi connectivity index (χ0n) is 13.4. The van der Waals surface area contributed by atoms with Crippen LogP contribution in [-0.2, 0) is 0 Å². The molecule has 1 aromatic carbocycles. The number of pyridine rings is 1. The van der Waals surface area contributed by atoms with Gasteiger partial charge in [0.15, 0.2) is 0 Å². The molecular formula is C19H23N3O. The number of carbonyl (C=O) groups excluding carboxylic acids is 1. The van der Waals surface area contributed by atoms with E-state index in [4.69, 9.17) is 0 Å². The third-order valence-electron chi connectivity index (χ3n) is 5.50. The van der Waals surface area contributed by atoms with Gasteiger partial charge in [-0.3, -0.25) is 4.98 Å². The number of piperidine rings is 1. The molecule has 4 rings (SSSR count). The number of hydrogen-bond donors (Lipinski definition) is 1. The third kappa shape index (κ3) is 2.90. The molecule has 2 aromatic rings. The van der Waals surface area contributed by atoms with Crippen molar-refractivity contribution in [2.45, 2.75) is 32.1 Å². The van der Waals surface area contributed by atoms with Crippen molar-refractivity contribution >= 4 is 22.5 Å². The van der Waals surface area contributed by atoms with E-state index in [0.29, 0.717) is 5.92 Å². The van der Waals surface area contributed by atoms with Crippen LogP contribution < -0.4 is 5.32 Å². The lowest BCUT2D eigenvalue weighted by molar-refractivity contribution is 0.108. The molecule has 2 aliphatic rings. The van der Waals surface area contributed by atoms with Crippen molar-refractivity contribution in [2.75, 3.05) is 18.4 Å². The number of anilines is 1. The van der Waals surface area contributed by atoms with Crippen LogP contribution in [0, 0.1) is 11.8 Å². The summed E-state index contributed by atoms with van der Waals surface area (Å²) >= 11 is 0. The molecule has 1 aromatic heterocycles. The van der Waals surface area contributed by atoms with E-state index in [1.807, 2.05) is 35.4 Å². The standard InChI is InChI=1S/C19H23N3O/c23-19(22-11-9-14-4-1-2-5-16(14)13-22)21-18-7-3-6-15-12-20-10-8-17(15)18/h3,6-8,10,12,14,16H,1-2,4-5,9,11,13H2,(H,21,23)/t14-,16-/m0/s1. The van der Waals surface area contributed by atoms with E-state index in [9.17, 15) is 4.79 Å². The molecule has 0 unspecified atom stereocenters. The maximum Gasteiger partial charge on any atom is 0.321 e. The number of carbonyl (C=O) groups is 1. The van der Waals surface area contributed by atoms with E-state index < -0.39 is 0 Å². The first-order chi connectivity index (χ1) is 11.3. The van der Waals surface area contributed by atoms with E-state index in [2.05, 4.69) is 10.3 Å². The molecule has 2 amide bonds. The van der Waals surface area contributed by atoms with Gasteiger partial charge >= 0.3 is 6.03 Å². The number of amides is 2. The number of hydrogen-bond acceptors (Lipinski definition) is 2. The second kappa shape index (κ2) is 6.19. The second-order valence-electron chi connectivity index (χ2n) is 6.87. The summed E-state index contributed by atoms with van der Waals surface area (Å²) in [6, 6.07) is 7.95. The lowest BCUT2D eigenvalue weighted by Crippen LogP contribution is -2.46. The third-order valence-corrected chi connectivity index (χ3v) is 5.50. The number of likely N-dealkylation sites (tertiary alicyclic amines) is 1. The molecule has 4 nitrogen and oxygen atoms in total. The van der Waals surface area contributed by atoms with E-state index in [1.54, 1.807) is 6.20 Å². The van der Waals surface area contributed by atoms with Crippen LogP contribution in [0.1, 0.15) is 32.1 Å². The number of rotatable bonds is 1. The van der Waals surface area contributed by atoms with E-state index in [-0.39, 0.29) is 6.03 Å². The zero-order valence-corrected chi connectivity index (χ0v) is 13.4. The van der Waals surface area contributed by atoms with Crippen LogP contribution >= 0.6 is 0 Å². The van der Waals surface area contributed by atoms with Crippen LogP contribution in [0.5, 0.6) is 0 Å². The second-order valence-corrected chi connectivity index (χ2v) is 6.87. The van der Waals surface area contributed by atoms with Crippen molar-refractivity contribution in [2.24, 2.45) is 11.8 Å². The summed E-state index contributed by atoms with van der Waals surface area (Å²) in [7, 11) is 0. The Kier molecular flexibility index (Phi) is 3.90. The first kappa shape index (κ1) is 14.5. The molecule has 1 saturated carbocycles. The largest absolute Gasteiger partial charge is 0.324 e. The molecule has 1 aliphatic heterocycles. The fourth-order valence-electron chi connectivity index (χ4n) is 4.21. The van der Waals surface area contributed by atoms with Gasteiger partial charge < -0.3 is 10.2 Å². The Hall–Kier alpha value is -2.10. The summed E-state index contributed by atoms with van der Waals surface area (Å²) < 4.78 is 0. The number of fused-ring (bicyclic) bond motifs is 2. The highest BCUT2D eigenvalue weighted by molar-refractivity contribution is 6.01. The van der Waals surface area contributed by atoms with Crippen LogP contribution in [0.3, 0.4) is 0 Å². The van der Waals surface area contributed by atoms with E-state index >= 15 is 0 Å². The van der Waals surface area contributed by atoms with Crippen LogP contribution in [0.15, 0.2) is 36.7 Å². The lowest BCUT2D eigenvalue weighted by Gasteiger charge is -2.41. The molecule has 2 heterocycles. The maximum atomic E-state index is 12.7. The monoisotopic (exact) mass is 309 g/mol. The SMILES string of the molecule is O=C(Nc1cccc2cnccc12)N1CC[C@@H]2CCCC[C@H]2C1. The summed E-state index contributed by atoms with van der Waals surface area (Å²) in [5.74, 6) is 1.55. The molecule has 1 aliphatic carbocycles. The van der Waals surface area contributed by atoms with Crippen molar-refractivity contribution in [3.63, 3.8) is 0 Å². The van der Waals surface area contributed by atoms with Gasteiger partial charge in [-0.05, 0) is 36.8 Å². The van der Waals surface area contributed by atoms with E-state index in [1.165, 1.54) is 25.7 Å². The molecule has 4 heteroatoms. The van der Waals surface area contributed by atoms with Crippen molar-refractivity contribution in [3.05, 3.63) is 36.7 Å². The first-order valence-corrected chi connectivity index (χ1v) is 8.70. The van der Waals surface area contributed by atoms with Gasteiger partial charge in [0.05, 0.1) is 5.69 Å². The normalized spacial score (nSPS) is 24.3. The first-order valence-electron chi connectivity index (χ1n) is 8.70. The Labute approximate surface area is 136 Å². The lowest BCUT2D eigenvalue weighted by atomic mass is 9.75. The van der Waals surface area contributed by atoms with Crippen molar-refractivity contribution < 1.29 is 4.79 Å². The van der Waals surface area contributed by atoms with Crippen molar-refractivity contribution in [3.8, 4) is 0 Å². The minimum absolute atomic E-state index is 0.0401. The highest BCUT2D eigenvalue weighted by Crippen LogP contribution is 2.36. The van der Waals surface area contributed by atoms with Gasteiger partial charge in [-0.15, -0.1) is 0 Å². The minimum Gasteiger partial charge on any atom is -0.324 e. The predicted octanol–water partition coefficient (Wildman–Crippen LogP) is 4.28. The van der Waals surface area contributed by atoms with Gasteiger partial charge in [0.2, 0.25) is 0 Å². The molecule has 0 spiro atoms. The average Bonchev–Trinajstić information content (AvgIpc) is 2.61. The molecule has 120 valence electrons. The van der Waals surface area contributed by atoms with Gasteiger partial charge in [0.1, 0.15) is 0 Å². The van der Waals surface area contributed by atoms with Crippen LogP contribution in [-0.4, -0.2) is 29.0 Å². The fraction of sp³-hybridized carbons (Fsp3) is 0.474. The zero-order chi connectivity index (χ0) is 15.6. The highest BCUT2D eigenvalue weighted by Gasteiger charge is 2.32. The van der Waals surface area contributed by atoms with Gasteiger partial charge in [-0.1, -0.05) is 31.4 Å². The van der Waals surface area contributed by atoms with Crippen LogP contribution in [0.2, 0.25) is 0 Å². The van der Waals surface area contributed by atoms with Gasteiger partial charge in [0.25, 0.3) is 0 Å². The Morgan fingerprint density at radius 3 is 2.91 bits per heavy atom. The average molecular weight is 309 g/mol. The molecule has 0 bridgehead atoms. The van der Waals surface area contributed by atoms with Crippen LogP contribution in [0.25, 0.3) is 10.8 Å². The molecule has 0 radical (unpaired) electrons. The number of aromatic nitrogens is 1. The quantitative estimate of drug-likeness (QED) is 0.854. The number of nitrogens with one attached hydrogen (secondary N) is 1. The Morgan fingerprint density at radius 2 is 2.00 bits per heavy atom. The van der Waals surface area contributed by atoms with Crippen LogP contribution in [0.4, 0.5) is 10.5 Å². The van der Waals surface area contributed by atoms with Gasteiger partial charge in [0, 0.05) is 36.3 Å². The summed E-state index contributed by atoms with van der Waals surface area (Å²) in [4.78, 5) is 18.8. The summed E-state index contributed by atoms with van der Waals surface area (Å²) in [5.41, 5.74) is 0.876. The Morgan fingerprint density at radius 1 is 1.13 bits per heavy atom. The molecule has 1 saturated heterocycles. The van der Waals surface area contributed by atoms with E-state index in [0.717, 1.165) is 41.9 Å². The maximum absolute atomic E-state index is 12.7. The fourth-order valence-corrected chi connectivity index (χ4v) is 4.21. The van der Waals surface area contributed by atoms with Crippen molar-refractivity contribution in [1.29, 1.82) is 0 Å². The predicted molar refractivity (Wildman–Crippen MR) is 92.4 cm³/mol. The molecule has 23 heavy (non-hydrogen) atoms. The smallest absolute Gasteiger partial charge is 0.321 e. The summed E-state index contributed by atoms with van der Waals surface area (Å²) in [6.45, 7) is 1.81. The Bertz CT molecular complexity index is 709. The van der Waals surface area contributed by atoms with Crippen molar-refractivity contribution in [1.82, 2.24) is 9.88 Å². The molecule has 1 N–H and O–H groups in total. The van der Waals surface area contributed by atoms with Gasteiger partial charge in [-0.25, -0.2) is 4.79 Å². The molecule has 2 fully saturated rings. The topological polar surface area (TPSA) is 45.2 Å². The number of urea groups is 1. The molecule has 2 atom stereocenters. The molecular weight excluding hydrogens is 286 g/mol. The number of benzene rings is 1. The summed E-state index contributed by atoms with van der Waals surface area (Å²) in [5, 5.41) is 5.21. The Balaban J connectivity index is 1.49. The highest BCUT2D eigenvalue weighted by atomic mass is 16.2.